The van der Waals surface area contributed by atoms with Gasteiger partial charge in [-0.3, -0.25) is 0 Å². The van der Waals surface area contributed by atoms with Crippen LogP contribution in [0.25, 0.3) is 0 Å². The van der Waals surface area contributed by atoms with Gasteiger partial charge in [-0.2, -0.15) is 0 Å². The molecule has 0 aliphatic rings. The number of hydrogen-bond acceptors (Lipinski definition) is 6. The van der Waals surface area contributed by atoms with Crippen LogP contribution in [0.3, 0.4) is 0 Å². The van der Waals surface area contributed by atoms with E-state index in [2.05, 4.69) is 178 Å². The van der Waals surface area contributed by atoms with Gasteiger partial charge in [0, 0.05) is 0 Å². The quantitative estimate of drug-likeness (QED) is 0.0506. The summed E-state index contributed by atoms with van der Waals surface area (Å²) in [5.41, 5.74) is 5.46. The highest BCUT2D eigenvalue weighted by Crippen LogP contribution is 2.41. The summed E-state index contributed by atoms with van der Waals surface area (Å²) in [7, 11) is 0. The van der Waals surface area contributed by atoms with E-state index in [0.717, 1.165) is 44.9 Å². The predicted molar refractivity (Wildman–Crippen MR) is 230 cm³/mol. The molecule has 6 heteroatoms. The maximum absolute atomic E-state index is 7.51. The molecule has 6 aromatic carbocycles. The van der Waals surface area contributed by atoms with E-state index in [9.17, 15) is 0 Å². The monoisotopic (exact) mass is 768 g/mol. The van der Waals surface area contributed by atoms with Crippen molar-refractivity contribution in [2.75, 3.05) is 18.1 Å². The zero-order valence-corrected chi connectivity index (χ0v) is 33.5. The Kier molecular flexibility index (Phi) is 16.1. The van der Waals surface area contributed by atoms with E-state index in [-0.39, 0.29) is 17.3 Å². The normalized spacial score (nSPS) is 13.4. The second-order valence-corrected chi connectivity index (χ2v) is 16.4. The molecule has 0 amide bonds. The third kappa shape index (κ3) is 11.2. The van der Waals surface area contributed by atoms with E-state index in [4.69, 9.17) is 18.9 Å². The van der Waals surface area contributed by atoms with Gasteiger partial charge in [-0.15, -0.1) is 23.5 Å². The highest BCUT2D eigenvalue weighted by Gasteiger charge is 2.42. The Hall–Kier alpha value is -4.14. The van der Waals surface area contributed by atoms with Crippen molar-refractivity contribution in [3.8, 4) is 0 Å². The Morgan fingerprint density at radius 3 is 1.11 bits per heavy atom. The Morgan fingerprint density at radius 1 is 0.418 bits per heavy atom. The fraction of sp³-hybridized carbons (Fsp3) is 0.265. The van der Waals surface area contributed by atoms with Crippen molar-refractivity contribution in [1.29, 1.82) is 0 Å². The van der Waals surface area contributed by atoms with E-state index >= 15 is 0 Å². The maximum Gasteiger partial charge on any atom is 0.143 e. The highest BCUT2D eigenvalue weighted by molar-refractivity contribution is 8.17. The third-order valence-electron chi connectivity index (χ3n) is 9.50. The zero-order chi connectivity index (χ0) is 38.0. The van der Waals surface area contributed by atoms with Crippen LogP contribution in [-0.2, 0) is 44.4 Å². The first kappa shape index (κ1) is 40.5. The van der Waals surface area contributed by atoms with Crippen LogP contribution in [0.1, 0.15) is 47.2 Å². The summed E-state index contributed by atoms with van der Waals surface area (Å²) >= 11 is 3.80. The highest BCUT2D eigenvalue weighted by atomic mass is 32.2. The van der Waals surface area contributed by atoms with Crippen LogP contribution >= 0.6 is 23.5 Å². The minimum atomic E-state index is -0.932. The lowest BCUT2D eigenvalue weighted by Crippen LogP contribution is -2.50. The lowest BCUT2D eigenvalue weighted by atomic mass is 9.80. The van der Waals surface area contributed by atoms with Gasteiger partial charge in [-0.1, -0.05) is 196 Å². The van der Waals surface area contributed by atoms with E-state index < -0.39 is 17.8 Å². The van der Waals surface area contributed by atoms with E-state index in [1.807, 2.05) is 41.7 Å². The largest absolute Gasteiger partial charge is 0.369 e. The molecule has 0 N–H and O–H groups in total. The number of benzene rings is 6. The van der Waals surface area contributed by atoms with Crippen LogP contribution in [0, 0.1) is 0 Å². The number of hydrogen-bond donors (Lipinski definition) is 0. The van der Waals surface area contributed by atoms with Crippen LogP contribution in [0.2, 0.25) is 0 Å². The van der Waals surface area contributed by atoms with Crippen molar-refractivity contribution in [3.63, 3.8) is 0 Å². The van der Waals surface area contributed by atoms with Gasteiger partial charge in [0.15, 0.2) is 0 Å². The molecule has 0 heterocycles. The first-order valence-corrected chi connectivity index (χ1v) is 21.3. The van der Waals surface area contributed by atoms with Crippen LogP contribution in [0.5, 0.6) is 0 Å². The van der Waals surface area contributed by atoms with Gasteiger partial charge in [0.25, 0.3) is 0 Å². The molecule has 0 fully saturated rings. The second kappa shape index (κ2) is 21.8. The van der Waals surface area contributed by atoms with Gasteiger partial charge >= 0.3 is 0 Å². The number of thioether (sulfide) groups is 2. The molecule has 0 aliphatic carbocycles. The molecular weight excluding hydrogens is 717 g/mol. The van der Waals surface area contributed by atoms with Crippen molar-refractivity contribution in [1.82, 2.24) is 0 Å². The molecule has 0 spiro atoms. The van der Waals surface area contributed by atoms with E-state index in [1.54, 1.807) is 0 Å². The molecule has 0 aliphatic heterocycles. The average molecular weight is 769 g/mol. The second-order valence-electron chi connectivity index (χ2n) is 13.2. The lowest BCUT2D eigenvalue weighted by Gasteiger charge is -2.40. The summed E-state index contributed by atoms with van der Waals surface area (Å²) in [4.78, 5) is 0. The van der Waals surface area contributed by atoms with Crippen LogP contribution in [0.15, 0.2) is 182 Å². The number of rotatable bonds is 22. The van der Waals surface area contributed by atoms with Gasteiger partial charge in [0.05, 0.1) is 31.0 Å². The smallest absolute Gasteiger partial charge is 0.143 e. The van der Waals surface area contributed by atoms with Gasteiger partial charge < -0.3 is 18.9 Å². The molecule has 4 nitrogen and oxygen atoms in total. The Morgan fingerprint density at radius 2 is 0.745 bits per heavy atom. The first-order chi connectivity index (χ1) is 27.2. The van der Waals surface area contributed by atoms with Gasteiger partial charge in [0.2, 0.25) is 0 Å². The third-order valence-corrected chi connectivity index (χ3v) is 12.2. The fourth-order valence-electron chi connectivity index (χ4n) is 6.83. The van der Waals surface area contributed by atoms with Crippen molar-refractivity contribution in [2.24, 2.45) is 0 Å². The predicted octanol–water partition coefficient (Wildman–Crippen LogP) is 11.6. The van der Waals surface area contributed by atoms with Crippen LogP contribution in [-0.4, -0.2) is 41.0 Å². The molecule has 0 saturated carbocycles. The molecule has 0 bridgehead atoms. The molecular formula is C49H52O4S2. The molecule has 0 aromatic heterocycles. The Balaban J connectivity index is 1.46. The molecule has 6 rings (SSSR count). The molecule has 284 valence electrons. The molecule has 0 saturated heterocycles. The van der Waals surface area contributed by atoms with Gasteiger partial charge in [0.1, 0.15) is 23.9 Å². The Labute approximate surface area is 336 Å². The molecule has 55 heavy (non-hydrogen) atoms. The van der Waals surface area contributed by atoms with Crippen LogP contribution in [0.4, 0.5) is 0 Å². The zero-order valence-electron chi connectivity index (χ0n) is 31.8. The molecule has 0 unspecified atom stereocenters. The lowest BCUT2D eigenvalue weighted by molar-refractivity contribution is -0.173. The van der Waals surface area contributed by atoms with Crippen molar-refractivity contribution < 1.29 is 18.9 Å². The summed E-state index contributed by atoms with van der Waals surface area (Å²) < 4.78 is 28.9. The van der Waals surface area contributed by atoms with Crippen molar-refractivity contribution in [2.45, 2.75) is 62.2 Å². The summed E-state index contributed by atoms with van der Waals surface area (Å²) in [6.45, 7) is 5.91. The molecule has 6 aromatic rings. The van der Waals surface area contributed by atoms with Crippen molar-refractivity contribution >= 4 is 23.5 Å². The average Bonchev–Trinajstić information content (AvgIpc) is 3.26. The van der Waals surface area contributed by atoms with Gasteiger partial charge in [-0.05, 0) is 44.9 Å². The maximum atomic E-state index is 7.51. The fourth-order valence-corrected chi connectivity index (χ4v) is 9.54. The summed E-state index contributed by atoms with van der Waals surface area (Å²) in [6.07, 6.45) is -1.34. The van der Waals surface area contributed by atoms with Gasteiger partial charge in [-0.25, -0.2) is 0 Å². The topological polar surface area (TPSA) is 36.9 Å². The van der Waals surface area contributed by atoms with E-state index in [0.29, 0.717) is 19.8 Å². The first-order valence-electron chi connectivity index (χ1n) is 19.2. The minimum absolute atomic E-state index is 0.0874. The summed E-state index contributed by atoms with van der Waals surface area (Å²) in [5.74, 6) is 1.89. The van der Waals surface area contributed by atoms with E-state index in [1.165, 1.54) is 0 Å². The standard InChI is InChI=1S/C49H52O4S2/c1-3-54-48(55-4-2)47(52-37-41-27-15-7-16-28-41)46(51-36-40-25-13-6-14-26-40)45(50-35-39-23-11-5-12-24-39)38-53-49(42-29-17-8-18-30-42,43-31-19-9-20-32-43)44-33-21-10-22-34-44/h5-34,45-48H,3-4,35-38H2,1-2H3/t45-,46-,47+/m0/s1. The summed E-state index contributed by atoms with van der Waals surface area (Å²) in [6, 6.07) is 62.7. The van der Waals surface area contributed by atoms with Crippen molar-refractivity contribution in [3.05, 3.63) is 215 Å². The summed E-state index contributed by atoms with van der Waals surface area (Å²) in [5, 5.41) is 0. The molecule has 3 atom stereocenters. The van der Waals surface area contributed by atoms with Crippen LogP contribution < -0.4 is 0 Å². The minimum Gasteiger partial charge on any atom is -0.369 e. The SMILES string of the molecule is CCSC(SCC)[C@H](OCc1ccccc1)[C@@H](OCc1ccccc1)[C@H](COC(c1ccccc1)(c1ccccc1)c1ccccc1)OCc1ccccc1. The number of ether oxygens (including phenoxy) is 4. The Bertz CT molecular complexity index is 1800. The molecule has 0 radical (unpaired) electrons.